The van der Waals surface area contributed by atoms with Gasteiger partial charge in [-0.05, 0) is 26.7 Å². The predicted molar refractivity (Wildman–Crippen MR) is 136 cm³/mol. The number of fused-ring (bicyclic) bond motifs is 1. The zero-order chi connectivity index (χ0) is 23.7. The Balaban J connectivity index is 1.58. The van der Waals surface area contributed by atoms with E-state index < -0.39 is 0 Å². The van der Waals surface area contributed by atoms with Crippen LogP contribution >= 0.6 is 0 Å². The summed E-state index contributed by atoms with van der Waals surface area (Å²) in [4.78, 5) is 14.5. The number of hydrogen-bond acceptors (Lipinski definition) is 5. The Morgan fingerprint density at radius 3 is 2.62 bits per heavy atom. The smallest absolute Gasteiger partial charge is 0.156 e. The summed E-state index contributed by atoms with van der Waals surface area (Å²) in [5, 5.41) is 9.64. The van der Waals surface area contributed by atoms with Crippen LogP contribution in [-0.4, -0.2) is 50.3 Å². The van der Waals surface area contributed by atoms with Crippen LogP contribution in [0.5, 0.6) is 0 Å². The highest BCUT2D eigenvalue weighted by Crippen LogP contribution is 2.30. The third kappa shape index (κ3) is 4.27. The van der Waals surface area contributed by atoms with Gasteiger partial charge in [0.1, 0.15) is 0 Å². The van der Waals surface area contributed by atoms with Gasteiger partial charge in [0.25, 0.3) is 0 Å². The van der Waals surface area contributed by atoms with E-state index in [0.29, 0.717) is 0 Å². The second kappa shape index (κ2) is 9.28. The van der Waals surface area contributed by atoms with Crippen molar-refractivity contribution in [2.45, 2.75) is 33.2 Å². The van der Waals surface area contributed by atoms with Crippen molar-refractivity contribution in [2.75, 3.05) is 26.2 Å². The standard InChI is InChI=1S/C28H30N6/c1-20(2)33-14-12-32(13-15-33)19-26-28(22-10-8-21(3)9-11-22)31-27-17-30-25(18-34(26)27)24-7-5-4-6-23(24)16-29/h5,7-11,17-18H,1,4,6,12-15,19H2,2-3H3. The van der Waals surface area contributed by atoms with Crippen LogP contribution in [0, 0.1) is 18.3 Å². The molecule has 6 nitrogen and oxygen atoms in total. The van der Waals surface area contributed by atoms with E-state index >= 15 is 0 Å². The van der Waals surface area contributed by atoms with E-state index in [-0.39, 0.29) is 0 Å². The fraction of sp³-hybridized carbons (Fsp3) is 0.321. The second-order valence-electron chi connectivity index (χ2n) is 9.22. The predicted octanol–water partition coefficient (Wildman–Crippen LogP) is 4.98. The molecule has 1 aliphatic carbocycles. The maximum absolute atomic E-state index is 9.64. The molecule has 1 fully saturated rings. The number of aromatic nitrogens is 3. The highest BCUT2D eigenvalue weighted by atomic mass is 15.3. The Labute approximate surface area is 201 Å². The van der Waals surface area contributed by atoms with Gasteiger partial charge in [-0.25, -0.2) is 4.98 Å². The van der Waals surface area contributed by atoms with Crippen molar-refractivity contribution >= 4 is 11.2 Å². The minimum absolute atomic E-state index is 0.764. The summed E-state index contributed by atoms with van der Waals surface area (Å²) in [5.74, 6) is 0. The van der Waals surface area contributed by atoms with Crippen LogP contribution in [0.3, 0.4) is 0 Å². The highest BCUT2D eigenvalue weighted by Gasteiger charge is 2.22. The lowest BCUT2D eigenvalue weighted by atomic mass is 9.96. The molecule has 0 saturated carbocycles. The molecule has 3 aromatic rings. The monoisotopic (exact) mass is 450 g/mol. The van der Waals surface area contributed by atoms with Crippen LogP contribution in [0.25, 0.3) is 22.5 Å². The van der Waals surface area contributed by atoms with E-state index in [4.69, 9.17) is 9.97 Å². The van der Waals surface area contributed by atoms with Crippen LogP contribution in [0.1, 0.15) is 36.7 Å². The van der Waals surface area contributed by atoms with Gasteiger partial charge in [0.15, 0.2) is 5.65 Å². The van der Waals surface area contributed by atoms with E-state index in [1.54, 1.807) is 0 Å². The molecule has 1 aliphatic heterocycles. The Hall–Kier alpha value is -3.69. The Kier molecular flexibility index (Phi) is 6.04. The van der Waals surface area contributed by atoms with Gasteiger partial charge in [-0.15, -0.1) is 0 Å². The van der Waals surface area contributed by atoms with Crippen molar-refractivity contribution in [1.29, 1.82) is 5.26 Å². The topological polar surface area (TPSA) is 60.5 Å². The molecule has 2 aliphatic rings. The summed E-state index contributed by atoms with van der Waals surface area (Å²) in [6.07, 6.45) is 9.71. The van der Waals surface area contributed by atoms with Crippen LogP contribution in [0.4, 0.5) is 0 Å². The molecule has 1 aromatic carbocycles. The summed E-state index contributed by atoms with van der Waals surface area (Å²) in [6, 6.07) is 10.9. The molecule has 6 heteroatoms. The molecular weight excluding hydrogens is 420 g/mol. The van der Waals surface area contributed by atoms with Crippen molar-refractivity contribution in [3.05, 3.63) is 83.6 Å². The van der Waals surface area contributed by atoms with E-state index in [9.17, 15) is 5.26 Å². The number of nitrogens with zero attached hydrogens (tertiary/aromatic N) is 6. The zero-order valence-corrected chi connectivity index (χ0v) is 20.0. The number of aryl methyl sites for hydroxylation is 1. The molecule has 172 valence electrons. The maximum atomic E-state index is 9.64. The molecule has 3 heterocycles. The van der Waals surface area contributed by atoms with Crippen molar-refractivity contribution in [3.8, 4) is 17.3 Å². The fourth-order valence-corrected chi connectivity index (χ4v) is 4.76. The van der Waals surface area contributed by atoms with Gasteiger partial charge in [0.05, 0.1) is 29.3 Å². The molecule has 0 spiro atoms. The zero-order valence-electron chi connectivity index (χ0n) is 20.0. The number of piperazine rings is 1. The third-order valence-corrected chi connectivity index (χ3v) is 6.80. The van der Waals surface area contributed by atoms with Crippen molar-refractivity contribution in [2.24, 2.45) is 0 Å². The first-order chi connectivity index (χ1) is 16.5. The average molecular weight is 451 g/mol. The van der Waals surface area contributed by atoms with Gasteiger partial charge < -0.3 is 4.90 Å². The van der Waals surface area contributed by atoms with Gasteiger partial charge in [-0.1, -0.05) is 48.6 Å². The summed E-state index contributed by atoms with van der Waals surface area (Å²) < 4.78 is 2.17. The number of nitriles is 1. The van der Waals surface area contributed by atoms with Crippen molar-refractivity contribution < 1.29 is 0 Å². The van der Waals surface area contributed by atoms with Crippen LogP contribution in [0.15, 0.2) is 66.7 Å². The normalized spacial score (nSPS) is 16.8. The lowest BCUT2D eigenvalue weighted by Gasteiger charge is -2.36. The van der Waals surface area contributed by atoms with E-state index in [2.05, 4.69) is 77.2 Å². The molecule has 5 rings (SSSR count). The number of imidazole rings is 1. The molecule has 1 saturated heterocycles. The molecular formula is C28H30N6. The highest BCUT2D eigenvalue weighted by molar-refractivity contribution is 5.78. The van der Waals surface area contributed by atoms with E-state index in [1.165, 1.54) is 5.56 Å². The molecule has 0 amide bonds. The fourth-order valence-electron chi connectivity index (χ4n) is 4.76. The summed E-state index contributed by atoms with van der Waals surface area (Å²) in [7, 11) is 0. The van der Waals surface area contributed by atoms with Crippen molar-refractivity contribution in [1.82, 2.24) is 24.2 Å². The quantitative estimate of drug-likeness (QED) is 0.548. The first kappa shape index (κ1) is 22.1. The van der Waals surface area contributed by atoms with Gasteiger partial charge in [-0.2, -0.15) is 5.26 Å². The molecule has 0 radical (unpaired) electrons. The maximum Gasteiger partial charge on any atom is 0.156 e. The van der Waals surface area contributed by atoms with E-state index in [0.717, 1.165) is 90.7 Å². The molecule has 0 atom stereocenters. The Morgan fingerprint density at radius 2 is 1.91 bits per heavy atom. The molecule has 0 N–H and O–H groups in total. The number of hydrogen-bond donors (Lipinski definition) is 0. The largest absolute Gasteiger partial charge is 0.373 e. The molecule has 0 bridgehead atoms. The minimum atomic E-state index is 0.764. The van der Waals surface area contributed by atoms with Crippen LogP contribution < -0.4 is 0 Å². The van der Waals surface area contributed by atoms with Gasteiger partial charge in [-0.3, -0.25) is 14.3 Å². The van der Waals surface area contributed by atoms with Gasteiger partial charge >= 0.3 is 0 Å². The van der Waals surface area contributed by atoms with Crippen molar-refractivity contribution in [3.63, 3.8) is 0 Å². The summed E-state index contributed by atoms with van der Waals surface area (Å²) >= 11 is 0. The van der Waals surface area contributed by atoms with Gasteiger partial charge in [0, 0.05) is 61.3 Å². The average Bonchev–Trinajstić information content (AvgIpc) is 3.22. The first-order valence-corrected chi connectivity index (χ1v) is 11.9. The lowest BCUT2D eigenvalue weighted by Crippen LogP contribution is -2.44. The van der Waals surface area contributed by atoms with Crippen LogP contribution in [-0.2, 0) is 6.54 Å². The Morgan fingerprint density at radius 1 is 1.15 bits per heavy atom. The number of rotatable bonds is 5. The first-order valence-electron chi connectivity index (χ1n) is 11.9. The molecule has 2 aromatic heterocycles. The molecule has 34 heavy (non-hydrogen) atoms. The minimum Gasteiger partial charge on any atom is -0.373 e. The number of allylic oxidation sites excluding steroid dienone is 5. The molecule has 0 unspecified atom stereocenters. The summed E-state index contributed by atoms with van der Waals surface area (Å²) in [6.45, 7) is 13.0. The number of benzene rings is 1. The van der Waals surface area contributed by atoms with Gasteiger partial charge in [0.2, 0.25) is 0 Å². The third-order valence-electron chi connectivity index (χ3n) is 6.80. The lowest BCUT2D eigenvalue weighted by molar-refractivity contribution is 0.152. The summed E-state index contributed by atoms with van der Waals surface area (Å²) in [5.41, 5.74) is 8.99. The second-order valence-corrected chi connectivity index (χ2v) is 9.22. The van der Waals surface area contributed by atoms with Crippen LogP contribution in [0.2, 0.25) is 0 Å². The SMILES string of the molecule is C=C(C)N1CCN(Cc2c(-c3ccc(C)cc3)nc3cnc(C4=C(C#N)CCC=C4)cn23)CC1. The van der Waals surface area contributed by atoms with E-state index in [1.807, 2.05) is 12.3 Å². The Bertz CT molecular complexity index is 1330.